The minimum atomic E-state index is -0.245. The summed E-state index contributed by atoms with van der Waals surface area (Å²) in [5, 5.41) is 9.76. The molecule has 0 unspecified atom stereocenters. The fourth-order valence-electron chi connectivity index (χ4n) is 3.57. The van der Waals surface area contributed by atoms with E-state index in [0.29, 0.717) is 0 Å². The molecule has 1 aliphatic heterocycles. The molecule has 2 heterocycles. The van der Waals surface area contributed by atoms with Gasteiger partial charge in [-0.1, -0.05) is 30.3 Å². The molecule has 3 aromatic rings. The number of thioether (sulfide) groups is 1. The lowest BCUT2D eigenvalue weighted by Gasteiger charge is -2.26. The lowest BCUT2D eigenvalue weighted by atomic mass is 10.1. The summed E-state index contributed by atoms with van der Waals surface area (Å²) in [6.07, 6.45) is 3.74. The molecule has 1 aliphatic rings. The van der Waals surface area contributed by atoms with Gasteiger partial charge in [0.25, 0.3) is 0 Å². The van der Waals surface area contributed by atoms with Crippen LogP contribution in [-0.4, -0.2) is 39.9 Å². The molecule has 29 heavy (non-hydrogen) atoms. The van der Waals surface area contributed by atoms with Crippen molar-refractivity contribution in [2.45, 2.75) is 36.7 Å². The molecular formula is C22H25FN4OS. The second-order valence-electron chi connectivity index (χ2n) is 7.19. The Kier molecular flexibility index (Phi) is 6.46. The third-order valence-electron chi connectivity index (χ3n) is 5.10. The highest BCUT2D eigenvalue weighted by atomic mass is 32.2. The highest BCUT2D eigenvalue weighted by Crippen LogP contribution is 2.27. The summed E-state index contributed by atoms with van der Waals surface area (Å²) in [5.74, 6) is 2.24. The van der Waals surface area contributed by atoms with Crippen LogP contribution in [0.4, 0.5) is 4.39 Å². The Morgan fingerprint density at radius 3 is 2.59 bits per heavy atom. The zero-order valence-corrected chi connectivity index (χ0v) is 17.4. The Hall–Kier alpha value is -2.38. The van der Waals surface area contributed by atoms with Crippen LogP contribution in [-0.2, 0) is 12.3 Å². The van der Waals surface area contributed by atoms with Crippen LogP contribution in [0, 0.1) is 5.82 Å². The van der Waals surface area contributed by atoms with Crippen molar-refractivity contribution >= 4 is 11.8 Å². The maximum Gasteiger partial charge on any atom is 0.196 e. The zero-order valence-electron chi connectivity index (χ0n) is 16.6. The first kappa shape index (κ1) is 19.9. The van der Waals surface area contributed by atoms with E-state index in [4.69, 9.17) is 4.74 Å². The average Bonchev–Trinajstić information content (AvgIpc) is 3.16. The minimum Gasteiger partial charge on any atom is -0.497 e. The SMILES string of the molecule is COc1cccc(CSc2nnc(CN3CCCCC3)n2-c2ccc(F)cc2)c1. The van der Waals surface area contributed by atoms with Crippen molar-refractivity contribution in [1.82, 2.24) is 19.7 Å². The Bertz CT molecular complexity index is 938. The van der Waals surface area contributed by atoms with Gasteiger partial charge in [-0.25, -0.2) is 4.39 Å². The van der Waals surface area contributed by atoms with E-state index in [0.717, 1.165) is 53.4 Å². The predicted octanol–water partition coefficient (Wildman–Crippen LogP) is 4.69. The lowest BCUT2D eigenvalue weighted by Crippen LogP contribution is -2.30. The van der Waals surface area contributed by atoms with Crippen LogP contribution in [0.25, 0.3) is 5.69 Å². The monoisotopic (exact) mass is 412 g/mol. The number of methoxy groups -OCH3 is 1. The smallest absolute Gasteiger partial charge is 0.196 e. The summed E-state index contributed by atoms with van der Waals surface area (Å²) in [4.78, 5) is 2.42. The van der Waals surface area contributed by atoms with Gasteiger partial charge in [0.2, 0.25) is 0 Å². The van der Waals surface area contributed by atoms with Crippen molar-refractivity contribution in [2.24, 2.45) is 0 Å². The molecule has 1 aromatic heterocycles. The van der Waals surface area contributed by atoms with Gasteiger partial charge < -0.3 is 4.74 Å². The largest absolute Gasteiger partial charge is 0.497 e. The van der Waals surface area contributed by atoms with Crippen LogP contribution in [0.5, 0.6) is 5.75 Å². The van der Waals surface area contributed by atoms with Gasteiger partial charge in [-0.2, -0.15) is 0 Å². The number of hydrogen-bond acceptors (Lipinski definition) is 5. The molecule has 5 nitrogen and oxygen atoms in total. The topological polar surface area (TPSA) is 43.2 Å². The van der Waals surface area contributed by atoms with Gasteiger partial charge in [-0.15, -0.1) is 10.2 Å². The van der Waals surface area contributed by atoms with Crippen molar-refractivity contribution < 1.29 is 9.13 Å². The van der Waals surface area contributed by atoms with E-state index in [1.54, 1.807) is 31.0 Å². The summed E-state index contributed by atoms with van der Waals surface area (Å²) >= 11 is 1.62. The lowest BCUT2D eigenvalue weighted by molar-refractivity contribution is 0.214. The summed E-state index contributed by atoms with van der Waals surface area (Å²) in [5.41, 5.74) is 2.04. The molecule has 0 spiro atoms. The van der Waals surface area contributed by atoms with Gasteiger partial charge in [0, 0.05) is 11.4 Å². The van der Waals surface area contributed by atoms with Crippen LogP contribution in [0.1, 0.15) is 30.7 Å². The first-order chi connectivity index (χ1) is 14.2. The first-order valence-corrected chi connectivity index (χ1v) is 10.9. The molecule has 1 fully saturated rings. The van der Waals surface area contributed by atoms with Crippen LogP contribution in [0.15, 0.2) is 53.7 Å². The molecule has 0 atom stereocenters. The average molecular weight is 413 g/mol. The molecule has 0 saturated carbocycles. The summed E-state index contributed by atoms with van der Waals surface area (Å²) in [6.45, 7) is 2.93. The Morgan fingerprint density at radius 2 is 1.83 bits per heavy atom. The standard InChI is InChI=1S/C22H25FN4OS/c1-28-20-7-5-6-17(14-20)16-29-22-25-24-21(15-26-12-3-2-4-13-26)27(22)19-10-8-18(23)9-11-19/h5-11,14H,2-4,12-13,15-16H2,1H3. The second-order valence-corrected chi connectivity index (χ2v) is 8.13. The highest BCUT2D eigenvalue weighted by Gasteiger charge is 2.19. The summed E-state index contributed by atoms with van der Waals surface area (Å²) < 4.78 is 20.8. The Labute approximate surface area is 174 Å². The summed E-state index contributed by atoms with van der Waals surface area (Å²) in [6, 6.07) is 14.6. The van der Waals surface area contributed by atoms with Gasteiger partial charge in [0.15, 0.2) is 11.0 Å². The molecule has 2 aromatic carbocycles. The second kappa shape index (κ2) is 9.41. The van der Waals surface area contributed by atoms with Crippen molar-refractivity contribution in [2.75, 3.05) is 20.2 Å². The maximum absolute atomic E-state index is 13.5. The number of likely N-dealkylation sites (tertiary alicyclic amines) is 1. The molecular weight excluding hydrogens is 387 g/mol. The van der Waals surface area contributed by atoms with Crippen molar-refractivity contribution in [3.05, 3.63) is 65.7 Å². The van der Waals surface area contributed by atoms with E-state index in [9.17, 15) is 4.39 Å². The third-order valence-corrected chi connectivity index (χ3v) is 6.10. The Morgan fingerprint density at radius 1 is 1.03 bits per heavy atom. The predicted molar refractivity (Wildman–Crippen MR) is 113 cm³/mol. The van der Waals surface area contributed by atoms with Crippen LogP contribution >= 0.6 is 11.8 Å². The van der Waals surface area contributed by atoms with Gasteiger partial charge in [-0.3, -0.25) is 9.47 Å². The molecule has 0 aliphatic carbocycles. The fraction of sp³-hybridized carbons (Fsp3) is 0.364. The fourth-order valence-corrected chi connectivity index (χ4v) is 4.49. The molecule has 0 bridgehead atoms. The highest BCUT2D eigenvalue weighted by molar-refractivity contribution is 7.98. The first-order valence-electron chi connectivity index (χ1n) is 9.91. The van der Waals surface area contributed by atoms with Gasteiger partial charge in [0.1, 0.15) is 11.6 Å². The molecule has 1 saturated heterocycles. The molecule has 4 rings (SSSR count). The van der Waals surface area contributed by atoms with Gasteiger partial charge >= 0.3 is 0 Å². The number of hydrogen-bond donors (Lipinski definition) is 0. The number of aromatic nitrogens is 3. The van der Waals surface area contributed by atoms with Crippen LogP contribution < -0.4 is 4.74 Å². The Balaban J connectivity index is 1.59. The van der Waals surface area contributed by atoms with E-state index in [1.807, 2.05) is 18.2 Å². The van der Waals surface area contributed by atoms with Crippen LogP contribution in [0.2, 0.25) is 0 Å². The third kappa shape index (κ3) is 4.97. The number of nitrogens with zero attached hydrogens (tertiary/aromatic N) is 4. The number of piperidine rings is 1. The summed E-state index contributed by atoms with van der Waals surface area (Å²) in [7, 11) is 1.67. The van der Waals surface area contributed by atoms with Crippen LogP contribution in [0.3, 0.4) is 0 Å². The normalized spacial score (nSPS) is 14.8. The molecule has 0 radical (unpaired) electrons. The van der Waals surface area contributed by atoms with E-state index >= 15 is 0 Å². The number of benzene rings is 2. The number of halogens is 1. The molecule has 0 N–H and O–H groups in total. The minimum absolute atomic E-state index is 0.245. The van der Waals surface area contributed by atoms with E-state index in [-0.39, 0.29) is 5.82 Å². The van der Waals surface area contributed by atoms with Crippen molar-refractivity contribution in [3.8, 4) is 11.4 Å². The van der Waals surface area contributed by atoms with Crippen molar-refractivity contribution in [1.29, 1.82) is 0 Å². The molecule has 152 valence electrons. The van der Waals surface area contributed by atoms with E-state index < -0.39 is 0 Å². The van der Waals surface area contributed by atoms with Gasteiger partial charge in [-0.05, 0) is 67.9 Å². The van der Waals surface area contributed by atoms with E-state index in [2.05, 4.69) is 25.7 Å². The molecule has 0 amide bonds. The number of ether oxygens (including phenoxy) is 1. The van der Waals surface area contributed by atoms with E-state index in [1.165, 1.54) is 31.4 Å². The van der Waals surface area contributed by atoms with Crippen molar-refractivity contribution in [3.63, 3.8) is 0 Å². The zero-order chi connectivity index (χ0) is 20.1. The maximum atomic E-state index is 13.5. The van der Waals surface area contributed by atoms with Gasteiger partial charge in [0.05, 0.1) is 13.7 Å². The molecule has 7 heteroatoms. The quantitative estimate of drug-likeness (QED) is 0.527. The number of rotatable bonds is 7.